The molecule has 0 saturated carbocycles. The van der Waals surface area contributed by atoms with E-state index in [1.807, 2.05) is 26.0 Å². The van der Waals surface area contributed by atoms with Crippen molar-refractivity contribution < 1.29 is 9.59 Å². The lowest BCUT2D eigenvalue weighted by Crippen LogP contribution is -2.38. The fourth-order valence-corrected chi connectivity index (χ4v) is 1.53. The molecule has 0 aliphatic rings. The first-order chi connectivity index (χ1) is 9.13. The molecule has 0 saturated heterocycles. The van der Waals surface area contributed by atoms with Gasteiger partial charge in [0.15, 0.2) is 0 Å². The number of benzene rings is 1. The molecule has 1 rings (SSSR count). The molecule has 104 valence electrons. The summed E-state index contributed by atoms with van der Waals surface area (Å²) in [5.41, 5.74) is 1.77. The summed E-state index contributed by atoms with van der Waals surface area (Å²) in [5, 5.41) is 8.44. The van der Waals surface area contributed by atoms with Crippen molar-refractivity contribution in [2.45, 2.75) is 13.8 Å². The van der Waals surface area contributed by atoms with Crippen LogP contribution >= 0.6 is 0 Å². The van der Waals surface area contributed by atoms with Crippen LogP contribution in [0.5, 0.6) is 0 Å². The summed E-state index contributed by atoms with van der Waals surface area (Å²) in [5.74, 6) is -0.132. The molecule has 0 bridgehead atoms. The summed E-state index contributed by atoms with van der Waals surface area (Å²) in [6.07, 6.45) is 0. The van der Waals surface area contributed by atoms with Gasteiger partial charge in [-0.15, -0.1) is 0 Å². The molecule has 0 atom stereocenters. The first kappa shape index (κ1) is 15.2. The van der Waals surface area contributed by atoms with E-state index in [0.29, 0.717) is 25.2 Å². The van der Waals surface area contributed by atoms with E-state index in [-0.39, 0.29) is 18.4 Å². The van der Waals surface area contributed by atoms with Crippen LogP contribution in [0.1, 0.15) is 22.8 Å². The smallest absolute Gasteiger partial charge is 0.251 e. The van der Waals surface area contributed by atoms with Crippen molar-refractivity contribution in [1.29, 1.82) is 0 Å². The van der Waals surface area contributed by atoms with E-state index in [9.17, 15) is 9.59 Å². The molecule has 5 nitrogen and oxygen atoms in total. The van der Waals surface area contributed by atoms with E-state index in [0.717, 1.165) is 5.56 Å². The Bertz CT molecular complexity index is 415. The van der Waals surface area contributed by atoms with Crippen LogP contribution in [0.4, 0.5) is 0 Å². The van der Waals surface area contributed by atoms with Gasteiger partial charge in [-0.3, -0.25) is 9.59 Å². The van der Waals surface area contributed by atoms with Crippen LogP contribution in [0.3, 0.4) is 0 Å². The molecule has 0 radical (unpaired) electrons. The van der Waals surface area contributed by atoms with Crippen LogP contribution in [-0.2, 0) is 4.79 Å². The van der Waals surface area contributed by atoms with Crippen LogP contribution in [0.15, 0.2) is 24.3 Å². The van der Waals surface area contributed by atoms with Crippen molar-refractivity contribution in [3.05, 3.63) is 35.4 Å². The van der Waals surface area contributed by atoms with Crippen LogP contribution in [0.25, 0.3) is 0 Å². The summed E-state index contributed by atoms with van der Waals surface area (Å²) in [6.45, 7) is 5.81. The Hall–Kier alpha value is -1.88. The summed E-state index contributed by atoms with van der Waals surface area (Å²) < 4.78 is 0. The predicted octanol–water partition coefficient (Wildman–Crippen LogP) is 0.451. The zero-order valence-electron chi connectivity index (χ0n) is 11.5. The first-order valence-electron chi connectivity index (χ1n) is 6.45. The molecule has 0 aliphatic carbocycles. The van der Waals surface area contributed by atoms with Gasteiger partial charge in [0.05, 0.1) is 6.54 Å². The molecule has 0 aliphatic heterocycles. The highest BCUT2D eigenvalue weighted by Crippen LogP contribution is 2.02. The van der Waals surface area contributed by atoms with Crippen LogP contribution in [0, 0.1) is 6.92 Å². The average molecular weight is 263 g/mol. The number of amides is 2. The number of hydrogen-bond donors (Lipinski definition) is 3. The maximum atomic E-state index is 11.7. The Morgan fingerprint density at radius 3 is 2.37 bits per heavy atom. The molecular weight excluding hydrogens is 242 g/mol. The molecule has 0 unspecified atom stereocenters. The molecule has 0 aromatic heterocycles. The van der Waals surface area contributed by atoms with E-state index in [2.05, 4.69) is 16.0 Å². The molecule has 0 spiro atoms. The molecule has 1 aromatic carbocycles. The predicted molar refractivity (Wildman–Crippen MR) is 75.1 cm³/mol. The highest BCUT2D eigenvalue weighted by Gasteiger charge is 2.03. The summed E-state index contributed by atoms with van der Waals surface area (Å²) >= 11 is 0. The second kappa shape index (κ2) is 8.26. The Morgan fingerprint density at radius 2 is 1.74 bits per heavy atom. The minimum Gasteiger partial charge on any atom is -0.355 e. The second-order valence-corrected chi connectivity index (χ2v) is 4.25. The number of rotatable bonds is 7. The highest BCUT2D eigenvalue weighted by atomic mass is 16.2. The number of hydrogen-bond acceptors (Lipinski definition) is 3. The number of carbonyl (C=O) groups excluding carboxylic acids is 2. The van der Waals surface area contributed by atoms with Gasteiger partial charge in [-0.05, 0) is 26.0 Å². The molecule has 2 amide bonds. The Labute approximate surface area is 113 Å². The molecule has 3 N–H and O–H groups in total. The minimum absolute atomic E-state index is 0.0349. The topological polar surface area (TPSA) is 70.2 Å². The maximum absolute atomic E-state index is 11.7. The molecule has 0 heterocycles. The van der Waals surface area contributed by atoms with E-state index < -0.39 is 0 Å². The van der Waals surface area contributed by atoms with Crippen molar-refractivity contribution >= 4 is 11.8 Å². The van der Waals surface area contributed by atoms with Crippen molar-refractivity contribution in [2.24, 2.45) is 0 Å². The average Bonchev–Trinajstić information content (AvgIpc) is 2.39. The zero-order valence-corrected chi connectivity index (χ0v) is 11.5. The van der Waals surface area contributed by atoms with Crippen LogP contribution < -0.4 is 16.0 Å². The van der Waals surface area contributed by atoms with E-state index in [1.165, 1.54) is 0 Å². The lowest BCUT2D eigenvalue weighted by Gasteiger charge is -2.07. The van der Waals surface area contributed by atoms with Gasteiger partial charge in [0.1, 0.15) is 0 Å². The summed E-state index contributed by atoms with van der Waals surface area (Å²) in [7, 11) is 0. The summed E-state index contributed by atoms with van der Waals surface area (Å²) in [4.78, 5) is 22.9. The van der Waals surface area contributed by atoms with Gasteiger partial charge < -0.3 is 16.0 Å². The van der Waals surface area contributed by atoms with Gasteiger partial charge in [-0.1, -0.05) is 17.7 Å². The quantitative estimate of drug-likeness (QED) is 0.626. The number of likely N-dealkylation sites (N-methyl/N-ethyl adjacent to an activating group) is 1. The third-order valence-electron chi connectivity index (χ3n) is 2.56. The fourth-order valence-electron chi connectivity index (χ4n) is 1.53. The molecule has 19 heavy (non-hydrogen) atoms. The third-order valence-corrected chi connectivity index (χ3v) is 2.56. The maximum Gasteiger partial charge on any atom is 0.251 e. The van der Waals surface area contributed by atoms with E-state index in [1.54, 1.807) is 12.1 Å². The van der Waals surface area contributed by atoms with Crippen molar-refractivity contribution in [1.82, 2.24) is 16.0 Å². The standard InChI is InChI=1S/C14H21N3O2/c1-3-16-13(18)10-15-8-9-17-14(19)12-6-4-11(2)5-7-12/h4-7,15H,3,8-10H2,1-2H3,(H,16,18)(H,17,19). The zero-order chi connectivity index (χ0) is 14.1. The van der Waals surface area contributed by atoms with Gasteiger partial charge in [0.25, 0.3) is 5.91 Å². The Balaban J connectivity index is 2.17. The number of aryl methyl sites for hydroxylation is 1. The second-order valence-electron chi connectivity index (χ2n) is 4.25. The van der Waals surface area contributed by atoms with Crippen molar-refractivity contribution in [2.75, 3.05) is 26.2 Å². The van der Waals surface area contributed by atoms with Gasteiger partial charge >= 0.3 is 0 Å². The van der Waals surface area contributed by atoms with Crippen molar-refractivity contribution in [3.8, 4) is 0 Å². The molecule has 1 aromatic rings. The van der Waals surface area contributed by atoms with Gasteiger partial charge in [0.2, 0.25) is 5.91 Å². The minimum atomic E-state index is -0.0974. The number of nitrogens with one attached hydrogen (secondary N) is 3. The normalized spacial score (nSPS) is 10.0. The highest BCUT2D eigenvalue weighted by molar-refractivity contribution is 5.94. The first-order valence-corrected chi connectivity index (χ1v) is 6.45. The van der Waals surface area contributed by atoms with Gasteiger partial charge in [-0.2, -0.15) is 0 Å². The van der Waals surface area contributed by atoms with Crippen LogP contribution in [-0.4, -0.2) is 38.0 Å². The van der Waals surface area contributed by atoms with E-state index >= 15 is 0 Å². The summed E-state index contributed by atoms with van der Waals surface area (Å²) in [6, 6.07) is 7.41. The Morgan fingerprint density at radius 1 is 1.05 bits per heavy atom. The largest absolute Gasteiger partial charge is 0.355 e. The Kier molecular flexibility index (Phi) is 6.60. The van der Waals surface area contributed by atoms with Gasteiger partial charge in [-0.25, -0.2) is 0 Å². The SMILES string of the molecule is CCNC(=O)CNCCNC(=O)c1ccc(C)cc1. The third kappa shape index (κ3) is 6.01. The fraction of sp³-hybridized carbons (Fsp3) is 0.429. The number of carbonyl (C=O) groups is 2. The monoisotopic (exact) mass is 263 g/mol. The van der Waals surface area contributed by atoms with Crippen LogP contribution in [0.2, 0.25) is 0 Å². The molecule has 0 fully saturated rings. The molecule has 5 heteroatoms. The molecular formula is C14H21N3O2. The van der Waals surface area contributed by atoms with Gasteiger partial charge in [0, 0.05) is 25.2 Å². The lowest BCUT2D eigenvalue weighted by atomic mass is 10.1. The van der Waals surface area contributed by atoms with Crippen molar-refractivity contribution in [3.63, 3.8) is 0 Å². The van der Waals surface area contributed by atoms with E-state index in [4.69, 9.17) is 0 Å². The lowest BCUT2D eigenvalue weighted by molar-refractivity contribution is -0.120.